The van der Waals surface area contributed by atoms with Gasteiger partial charge in [-0.3, -0.25) is 0 Å². The van der Waals surface area contributed by atoms with Crippen molar-refractivity contribution in [3.63, 3.8) is 0 Å². The largest absolute Gasteiger partial charge is 0.447 e. The summed E-state index contributed by atoms with van der Waals surface area (Å²) in [6.45, 7) is 2.34. The van der Waals surface area contributed by atoms with Gasteiger partial charge >= 0.3 is 0 Å². The number of aryl methyl sites for hydroxylation is 1. The van der Waals surface area contributed by atoms with E-state index in [9.17, 15) is 5.11 Å². The number of hydrogen-bond donors (Lipinski definition) is 2. The molecule has 0 spiro atoms. The number of aliphatic hydroxyl groups is 1. The molecule has 1 aromatic carbocycles. The zero-order valence-electron chi connectivity index (χ0n) is 10.1. The van der Waals surface area contributed by atoms with Gasteiger partial charge in [-0.15, -0.1) is 0 Å². The minimum atomic E-state index is -0.788. The maximum atomic E-state index is 10.3. The van der Waals surface area contributed by atoms with Gasteiger partial charge in [0.1, 0.15) is 11.9 Å². The molecule has 2 rings (SSSR count). The van der Waals surface area contributed by atoms with E-state index in [1.54, 1.807) is 12.1 Å². The maximum absolute atomic E-state index is 10.3. The van der Waals surface area contributed by atoms with Crippen LogP contribution in [0.15, 0.2) is 40.8 Å². The Hall–Kier alpha value is -1.29. The third kappa shape index (κ3) is 2.75. The Morgan fingerprint density at radius 2 is 2.11 bits per heavy atom. The Morgan fingerprint density at radius 3 is 2.67 bits per heavy atom. The highest BCUT2D eigenvalue weighted by atomic mass is 35.5. The molecular weight excluding hydrogens is 250 g/mol. The SMILES string of the molecule is Cc1cccc(C(CN)C(O)c2ccc(Cl)o2)c1. The van der Waals surface area contributed by atoms with Gasteiger partial charge in [0.15, 0.2) is 5.22 Å². The molecule has 3 nitrogen and oxygen atoms in total. The molecule has 0 saturated carbocycles. The second-order valence-electron chi connectivity index (χ2n) is 4.34. The van der Waals surface area contributed by atoms with Crippen molar-refractivity contribution in [2.45, 2.75) is 18.9 Å². The summed E-state index contributed by atoms with van der Waals surface area (Å²) in [6.07, 6.45) is -0.788. The molecule has 0 aliphatic heterocycles. The van der Waals surface area contributed by atoms with Crippen LogP contribution in [0.4, 0.5) is 0 Å². The fourth-order valence-corrected chi connectivity index (χ4v) is 2.19. The van der Waals surface area contributed by atoms with Crippen LogP contribution in [-0.2, 0) is 0 Å². The van der Waals surface area contributed by atoms with Crippen LogP contribution in [0.1, 0.15) is 28.9 Å². The second kappa shape index (κ2) is 5.57. The van der Waals surface area contributed by atoms with E-state index in [1.165, 1.54) is 0 Å². The quantitative estimate of drug-likeness (QED) is 0.893. The van der Waals surface area contributed by atoms with Gasteiger partial charge in [-0.1, -0.05) is 29.8 Å². The summed E-state index contributed by atoms with van der Waals surface area (Å²) < 4.78 is 5.24. The van der Waals surface area contributed by atoms with Crippen molar-refractivity contribution in [1.29, 1.82) is 0 Å². The van der Waals surface area contributed by atoms with Crippen molar-refractivity contribution in [3.05, 3.63) is 58.5 Å². The summed E-state index contributed by atoms with van der Waals surface area (Å²) in [5, 5.41) is 10.6. The molecule has 18 heavy (non-hydrogen) atoms. The Balaban J connectivity index is 2.28. The third-order valence-corrected chi connectivity index (χ3v) is 3.19. The fourth-order valence-electron chi connectivity index (χ4n) is 2.03. The van der Waals surface area contributed by atoms with Crippen LogP contribution >= 0.6 is 11.6 Å². The summed E-state index contributed by atoms with van der Waals surface area (Å²) in [6, 6.07) is 11.2. The Bertz CT molecular complexity index is 524. The highest BCUT2D eigenvalue weighted by Crippen LogP contribution is 2.32. The van der Waals surface area contributed by atoms with Crippen LogP contribution in [-0.4, -0.2) is 11.7 Å². The zero-order chi connectivity index (χ0) is 13.1. The first-order valence-electron chi connectivity index (χ1n) is 5.81. The highest BCUT2D eigenvalue weighted by Gasteiger charge is 2.24. The minimum Gasteiger partial charge on any atom is -0.447 e. The van der Waals surface area contributed by atoms with Crippen molar-refractivity contribution in [2.75, 3.05) is 6.54 Å². The molecule has 0 saturated heterocycles. The van der Waals surface area contributed by atoms with Crippen LogP contribution in [0.25, 0.3) is 0 Å². The molecule has 0 aliphatic rings. The normalized spacial score (nSPS) is 14.4. The van der Waals surface area contributed by atoms with E-state index in [-0.39, 0.29) is 11.1 Å². The van der Waals surface area contributed by atoms with E-state index in [2.05, 4.69) is 0 Å². The molecule has 0 radical (unpaired) electrons. The van der Waals surface area contributed by atoms with Gasteiger partial charge in [0.25, 0.3) is 0 Å². The number of rotatable bonds is 4. The van der Waals surface area contributed by atoms with E-state index in [1.807, 2.05) is 31.2 Å². The molecule has 4 heteroatoms. The van der Waals surface area contributed by atoms with E-state index in [4.69, 9.17) is 21.8 Å². The lowest BCUT2D eigenvalue weighted by atomic mass is 9.91. The van der Waals surface area contributed by atoms with Crippen LogP contribution in [0, 0.1) is 6.92 Å². The molecule has 1 heterocycles. The lowest BCUT2D eigenvalue weighted by Gasteiger charge is -2.20. The second-order valence-corrected chi connectivity index (χ2v) is 4.72. The molecule has 96 valence electrons. The lowest BCUT2D eigenvalue weighted by molar-refractivity contribution is 0.122. The number of furan rings is 1. The molecule has 0 amide bonds. The average Bonchev–Trinajstić information content (AvgIpc) is 2.77. The first-order chi connectivity index (χ1) is 8.61. The summed E-state index contributed by atoms with van der Waals surface area (Å²) >= 11 is 5.71. The molecule has 3 N–H and O–H groups in total. The molecule has 0 fully saturated rings. The highest BCUT2D eigenvalue weighted by molar-refractivity contribution is 6.28. The standard InChI is InChI=1S/C14H16ClNO2/c1-9-3-2-4-10(7-9)11(8-16)14(17)12-5-6-13(15)18-12/h2-7,11,14,17H,8,16H2,1H3. The smallest absolute Gasteiger partial charge is 0.193 e. The number of nitrogens with two attached hydrogens (primary N) is 1. The summed E-state index contributed by atoms with van der Waals surface area (Å²) in [5.74, 6) is 0.240. The Labute approximate surface area is 111 Å². The molecule has 0 aliphatic carbocycles. The minimum absolute atomic E-state index is 0.202. The van der Waals surface area contributed by atoms with Crippen molar-refractivity contribution in [1.82, 2.24) is 0 Å². The Kier molecular flexibility index (Phi) is 4.07. The molecule has 2 aromatic rings. The first kappa shape index (κ1) is 13.1. The number of aliphatic hydroxyl groups excluding tert-OH is 1. The molecule has 2 unspecified atom stereocenters. The summed E-state index contributed by atoms with van der Waals surface area (Å²) in [7, 11) is 0. The monoisotopic (exact) mass is 265 g/mol. The molecule has 2 atom stereocenters. The van der Waals surface area contributed by atoms with E-state index >= 15 is 0 Å². The van der Waals surface area contributed by atoms with Crippen molar-refractivity contribution < 1.29 is 9.52 Å². The van der Waals surface area contributed by atoms with Gasteiger partial charge in [0.2, 0.25) is 0 Å². The fraction of sp³-hybridized carbons (Fsp3) is 0.286. The predicted molar refractivity (Wildman–Crippen MR) is 71.7 cm³/mol. The van der Waals surface area contributed by atoms with Crippen molar-refractivity contribution >= 4 is 11.6 Å². The van der Waals surface area contributed by atoms with Crippen LogP contribution in [0.3, 0.4) is 0 Å². The van der Waals surface area contributed by atoms with Crippen LogP contribution in [0.2, 0.25) is 5.22 Å². The number of halogens is 1. The van der Waals surface area contributed by atoms with Crippen LogP contribution < -0.4 is 5.73 Å². The molecule has 0 bridgehead atoms. The first-order valence-corrected chi connectivity index (χ1v) is 6.19. The van der Waals surface area contributed by atoms with Gasteiger partial charge < -0.3 is 15.3 Å². The average molecular weight is 266 g/mol. The lowest BCUT2D eigenvalue weighted by Crippen LogP contribution is -2.19. The van der Waals surface area contributed by atoms with Crippen LogP contribution in [0.5, 0.6) is 0 Å². The molecule has 1 aromatic heterocycles. The number of benzene rings is 1. The summed E-state index contributed by atoms with van der Waals surface area (Å²) in [5.41, 5.74) is 7.90. The van der Waals surface area contributed by atoms with E-state index < -0.39 is 6.10 Å². The van der Waals surface area contributed by atoms with Crippen molar-refractivity contribution in [3.8, 4) is 0 Å². The van der Waals surface area contributed by atoms with Gasteiger partial charge in [0, 0.05) is 12.5 Å². The topological polar surface area (TPSA) is 59.4 Å². The number of hydrogen-bond acceptors (Lipinski definition) is 3. The zero-order valence-corrected chi connectivity index (χ0v) is 10.9. The third-order valence-electron chi connectivity index (χ3n) is 2.99. The van der Waals surface area contributed by atoms with Gasteiger partial charge in [-0.2, -0.15) is 0 Å². The van der Waals surface area contributed by atoms with Gasteiger partial charge in [-0.05, 0) is 36.2 Å². The predicted octanol–water partition coefficient (Wildman–Crippen LogP) is 3.02. The van der Waals surface area contributed by atoms with Gasteiger partial charge in [0.05, 0.1) is 0 Å². The summed E-state index contributed by atoms with van der Waals surface area (Å²) in [4.78, 5) is 0. The Morgan fingerprint density at radius 1 is 1.33 bits per heavy atom. The maximum Gasteiger partial charge on any atom is 0.193 e. The van der Waals surface area contributed by atoms with E-state index in [0.717, 1.165) is 11.1 Å². The van der Waals surface area contributed by atoms with Crippen molar-refractivity contribution in [2.24, 2.45) is 5.73 Å². The van der Waals surface area contributed by atoms with Gasteiger partial charge in [-0.25, -0.2) is 0 Å². The van der Waals surface area contributed by atoms with E-state index in [0.29, 0.717) is 12.3 Å². The molecular formula is C14H16ClNO2.